The van der Waals surface area contributed by atoms with Gasteiger partial charge in [0.2, 0.25) is 21.8 Å². The zero-order valence-electron chi connectivity index (χ0n) is 18.7. The quantitative estimate of drug-likeness (QED) is 0.547. The van der Waals surface area contributed by atoms with Crippen LogP contribution in [0, 0.1) is 5.82 Å². The molecule has 0 aliphatic rings. The Morgan fingerprint density at radius 3 is 2.18 bits per heavy atom. The average molecular weight is 518 g/mol. The molecule has 0 saturated carbocycles. The van der Waals surface area contributed by atoms with Crippen molar-refractivity contribution in [1.29, 1.82) is 0 Å². The van der Waals surface area contributed by atoms with Gasteiger partial charge in [-0.15, -0.1) is 0 Å². The largest absolute Gasteiger partial charge is 0.352 e. The summed E-state index contributed by atoms with van der Waals surface area (Å²) in [5.74, 6) is -1.49. The number of carbonyl (C=O) groups excluding carboxylic acids is 2. The van der Waals surface area contributed by atoms with Gasteiger partial charge in [-0.3, -0.25) is 13.9 Å². The third kappa shape index (κ3) is 7.58. The Kier molecular flexibility index (Phi) is 9.11. The van der Waals surface area contributed by atoms with E-state index in [-0.39, 0.29) is 23.3 Å². The number of hydrogen-bond donors (Lipinski definition) is 1. The minimum Gasteiger partial charge on any atom is -0.352 e. The molecule has 0 aromatic heterocycles. The van der Waals surface area contributed by atoms with Gasteiger partial charge in [0, 0.05) is 17.6 Å². The number of anilines is 1. The fraction of sp³-hybridized carbons (Fsp3) is 0.364. The van der Waals surface area contributed by atoms with E-state index in [1.54, 1.807) is 20.8 Å². The molecular formula is C22H26Cl2FN3O4S. The van der Waals surface area contributed by atoms with Gasteiger partial charge in [-0.05, 0) is 56.7 Å². The fourth-order valence-electron chi connectivity index (χ4n) is 3.05. The van der Waals surface area contributed by atoms with E-state index in [9.17, 15) is 22.4 Å². The molecule has 0 radical (unpaired) electrons. The highest BCUT2D eigenvalue weighted by Crippen LogP contribution is 2.30. The van der Waals surface area contributed by atoms with E-state index in [2.05, 4.69) is 5.32 Å². The normalized spacial score (nSPS) is 12.4. The van der Waals surface area contributed by atoms with Crippen molar-refractivity contribution in [2.75, 3.05) is 17.1 Å². The summed E-state index contributed by atoms with van der Waals surface area (Å²) in [5.41, 5.74) is 0.655. The lowest BCUT2D eigenvalue weighted by molar-refractivity contribution is -0.139. The van der Waals surface area contributed by atoms with Crippen LogP contribution in [-0.2, 0) is 26.2 Å². The molecule has 33 heavy (non-hydrogen) atoms. The summed E-state index contributed by atoms with van der Waals surface area (Å²) >= 11 is 12.1. The Balaban J connectivity index is 2.41. The van der Waals surface area contributed by atoms with Crippen LogP contribution in [0.2, 0.25) is 10.0 Å². The molecule has 0 spiro atoms. The van der Waals surface area contributed by atoms with E-state index >= 15 is 0 Å². The van der Waals surface area contributed by atoms with E-state index in [1.165, 1.54) is 47.4 Å². The molecule has 0 heterocycles. The third-order valence-corrected chi connectivity index (χ3v) is 6.39. The van der Waals surface area contributed by atoms with Crippen molar-refractivity contribution in [2.24, 2.45) is 0 Å². The summed E-state index contributed by atoms with van der Waals surface area (Å²) < 4.78 is 39.2. The van der Waals surface area contributed by atoms with E-state index in [1.807, 2.05) is 0 Å². The molecule has 11 heteroatoms. The lowest BCUT2D eigenvalue weighted by Gasteiger charge is -2.32. The zero-order chi connectivity index (χ0) is 24.9. The van der Waals surface area contributed by atoms with Gasteiger partial charge in [0.05, 0.1) is 17.0 Å². The number of nitrogens with one attached hydrogen (secondary N) is 1. The Morgan fingerprint density at radius 1 is 1.06 bits per heavy atom. The summed E-state index contributed by atoms with van der Waals surface area (Å²) in [7, 11) is -3.92. The van der Waals surface area contributed by atoms with E-state index in [0.29, 0.717) is 10.6 Å². The number of carbonyl (C=O) groups is 2. The Morgan fingerprint density at radius 2 is 1.67 bits per heavy atom. The highest BCUT2D eigenvalue weighted by molar-refractivity contribution is 7.92. The molecule has 2 aromatic carbocycles. The third-order valence-electron chi connectivity index (χ3n) is 4.72. The van der Waals surface area contributed by atoms with Crippen LogP contribution in [0.3, 0.4) is 0 Å². The summed E-state index contributed by atoms with van der Waals surface area (Å²) in [5, 5.41) is 3.10. The maximum Gasteiger partial charge on any atom is 0.244 e. The van der Waals surface area contributed by atoms with Crippen molar-refractivity contribution < 1.29 is 22.4 Å². The fourth-order valence-corrected chi connectivity index (χ4v) is 4.47. The van der Waals surface area contributed by atoms with Crippen molar-refractivity contribution in [1.82, 2.24) is 10.2 Å². The first-order valence-corrected chi connectivity index (χ1v) is 12.7. The van der Waals surface area contributed by atoms with Crippen molar-refractivity contribution >= 4 is 50.7 Å². The van der Waals surface area contributed by atoms with Crippen LogP contribution in [-0.4, -0.2) is 50.0 Å². The van der Waals surface area contributed by atoms with Crippen LogP contribution in [0.1, 0.15) is 26.3 Å². The molecule has 1 unspecified atom stereocenters. The van der Waals surface area contributed by atoms with Gasteiger partial charge < -0.3 is 10.2 Å². The van der Waals surface area contributed by atoms with Crippen molar-refractivity contribution in [2.45, 2.75) is 39.4 Å². The number of nitrogens with zero attached hydrogens (tertiary/aromatic N) is 2. The van der Waals surface area contributed by atoms with Crippen molar-refractivity contribution in [3.8, 4) is 0 Å². The van der Waals surface area contributed by atoms with Crippen LogP contribution in [0.5, 0.6) is 0 Å². The van der Waals surface area contributed by atoms with Crippen LogP contribution < -0.4 is 9.62 Å². The molecule has 0 saturated heterocycles. The Bertz CT molecular complexity index is 1110. The van der Waals surface area contributed by atoms with Crippen LogP contribution in [0.25, 0.3) is 0 Å². The smallest absolute Gasteiger partial charge is 0.244 e. The van der Waals surface area contributed by atoms with Gasteiger partial charge in [0.15, 0.2) is 0 Å². The molecular weight excluding hydrogens is 492 g/mol. The first kappa shape index (κ1) is 26.9. The van der Waals surface area contributed by atoms with E-state index in [0.717, 1.165) is 10.6 Å². The second kappa shape index (κ2) is 11.2. The number of rotatable bonds is 9. The van der Waals surface area contributed by atoms with Crippen LogP contribution in [0.4, 0.5) is 10.1 Å². The molecule has 0 bridgehead atoms. The first-order chi connectivity index (χ1) is 15.3. The lowest BCUT2D eigenvalue weighted by atomic mass is 10.1. The standard InChI is InChI=1S/C22H26Cl2FN3O4S/c1-14(2)26-22(30)15(3)27(12-16-5-8-18(25)9-6-16)21(29)13-28(33(4,31)32)20-10-7-17(23)11-19(20)24/h5-11,14-15H,12-13H2,1-4H3,(H,26,30). The molecule has 180 valence electrons. The number of benzene rings is 2. The van der Waals surface area contributed by atoms with Gasteiger partial charge in [-0.2, -0.15) is 0 Å². The summed E-state index contributed by atoms with van der Waals surface area (Å²) in [6.07, 6.45) is 0.949. The Labute approximate surface area is 203 Å². The zero-order valence-corrected chi connectivity index (χ0v) is 21.0. The Hall–Kier alpha value is -2.36. The second-order valence-corrected chi connectivity index (χ2v) is 10.6. The first-order valence-electron chi connectivity index (χ1n) is 10.1. The topological polar surface area (TPSA) is 86.8 Å². The predicted molar refractivity (Wildman–Crippen MR) is 128 cm³/mol. The molecule has 0 aliphatic carbocycles. The SMILES string of the molecule is CC(C)NC(=O)C(C)N(Cc1ccc(F)cc1)C(=O)CN(c1ccc(Cl)cc1Cl)S(C)(=O)=O. The summed E-state index contributed by atoms with van der Waals surface area (Å²) in [4.78, 5) is 27.2. The van der Waals surface area contributed by atoms with Gasteiger partial charge in [0.1, 0.15) is 18.4 Å². The van der Waals surface area contributed by atoms with Gasteiger partial charge >= 0.3 is 0 Å². The van der Waals surface area contributed by atoms with Crippen molar-refractivity contribution in [3.63, 3.8) is 0 Å². The molecule has 0 fully saturated rings. The highest BCUT2D eigenvalue weighted by atomic mass is 35.5. The molecule has 0 aliphatic heterocycles. The minimum atomic E-state index is -3.92. The summed E-state index contributed by atoms with van der Waals surface area (Å²) in [6, 6.07) is 8.62. The lowest BCUT2D eigenvalue weighted by Crippen LogP contribution is -2.52. The second-order valence-electron chi connectivity index (χ2n) is 7.85. The molecule has 2 aromatic rings. The molecule has 2 amide bonds. The maximum absolute atomic E-state index is 13.4. The van der Waals surface area contributed by atoms with Crippen molar-refractivity contribution in [3.05, 3.63) is 63.9 Å². The molecule has 1 N–H and O–H groups in total. The molecule has 7 nitrogen and oxygen atoms in total. The van der Waals surface area contributed by atoms with Crippen LogP contribution in [0.15, 0.2) is 42.5 Å². The van der Waals surface area contributed by atoms with Gasteiger partial charge in [-0.25, -0.2) is 12.8 Å². The number of hydrogen-bond acceptors (Lipinski definition) is 4. The highest BCUT2D eigenvalue weighted by Gasteiger charge is 2.31. The predicted octanol–water partition coefficient (Wildman–Crippen LogP) is 3.84. The molecule has 1 atom stereocenters. The maximum atomic E-state index is 13.4. The van der Waals surface area contributed by atoms with Gasteiger partial charge in [0.25, 0.3) is 0 Å². The van der Waals surface area contributed by atoms with Crippen LogP contribution >= 0.6 is 23.2 Å². The number of halogens is 3. The molecule has 2 rings (SSSR count). The number of sulfonamides is 1. The monoisotopic (exact) mass is 517 g/mol. The average Bonchev–Trinajstić information content (AvgIpc) is 2.70. The minimum absolute atomic E-state index is 0.0300. The van der Waals surface area contributed by atoms with E-state index in [4.69, 9.17) is 23.2 Å². The van der Waals surface area contributed by atoms with Gasteiger partial charge in [-0.1, -0.05) is 35.3 Å². The number of amides is 2. The van der Waals surface area contributed by atoms with E-state index < -0.39 is 40.2 Å². The summed E-state index contributed by atoms with van der Waals surface area (Å²) in [6.45, 7) is 4.48.